The maximum absolute atomic E-state index is 12.6. The molecule has 3 heterocycles. The molecule has 0 radical (unpaired) electrons. The SMILES string of the molecule is CC(C)(C)NC(=O)N1CCN(c2nc(Cc3ccccc3)nc3sc4c(c23)CCCC4)CC1. The van der Waals surface area contributed by atoms with Gasteiger partial charge < -0.3 is 15.1 Å². The molecule has 1 saturated heterocycles. The van der Waals surface area contributed by atoms with Gasteiger partial charge in [-0.1, -0.05) is 30.3 Å². The van der Waals surface area contributed by atoms with Crippen molar-refractivity contribution in [3.05, 3.63) is 52.2 Å². The third-order valence-corrected chi connectivity index (χ3v) is 7.58. The minimum atomic E-state index is -0.227. The van der Waals surface area contributed by atoms with Crippen molar-refractivity contribution in [2.45, 2.75) is 58.4 Å². The predicted molar refractivity (Wildman–Crippen MR) is 135 cm³/mol. The summed E-state index contributed by atoms with van der Waals surface area (Å²) in [5.74, 6) is 1.96. The largest absolute Gasteiger partial charge is 0.352 e. The fourth-order valence-corrected chi connectivity index (χ4v) is 6.06. The molecule has 0 unspecified atom stereocenters. The number of hydrogen-bond acceptors (Lipinski definition) is 5. The molecule has 7 heteroatoms. The van der Waals surface area contributed by atoms with E-state index in [2.05, 4.69) is 34.5 Å². The highest BCUT2D eigenvalue weighted by Gasteiger charge is 2.28. The molecule has 5 rings (SSSR count). The van der Waals surface area contributed by atoms with Crippen molar-refractivity contribution in [2.75, 3.05) is 31.1 Å². The quantitative estimate of drug-likeness (QED) is 0.607. The standard InChI is InChI=1S/C26H33N5OS/c1-26(2,3)29-25(32)31-15-13-30(14-16-31)23-22-19-11-7-8-12-20(19)33-24(22)28-21(27-23)17-18-9-5-4-6-10-18/h4-6,9-10H,7-8,11-17H2,1-3H3,(H,29,32). The van der Waals surface area contributed by atoms with E-state index in [0.717, 1.165) is 48.8 Å². The summed E-state index contributed by atoms with van der Waals surface area (Å²) in [6.07, 6.45) is 5.52. The van der Waals surface area contributed by atoms with E-state index in [1.807, 2.05) is 43.1 Å². The van der Waals surface area contributed by atoms with Crippen LogP contribution in [0.1, 0.15) is 55.4 Å². The van der Waals surface area contributed by atoms with E-state index in [1.165, 1.54) is 34.2 Å². The number of benzene rings is 1. The van der Waals surface area contributed by atoms with Gasteiger partial charge in [-0.05, 0) is 57.6 Å². The molecule has 174 valence electrons. The molecule has 2 amide bonds. The van der Waals surface area contributed by atoms with Crippen LogP contribution in [0.3, 0.4) is 0 Å². The minimum absolute atomic E-state index is 0.0210. The molecule has 0 atom stereocenters. The fourth-order valence-electron chi connectivity index (χ4n) is 4.79. The van der Waals surface area contributed by atoms with Gasteiger partial charge in [0.15, 0.2) is 0 Å². The van der Waals surface area contributed by atoms with Crippen LogP contribution < -0.4 is 10.2 Å². The number of aromatic nitrogens is 2. The summed E-state index contributed by atoms with van der Waals surface area (Å²) in [5, 5.41) is 4.35. The Morgan fingerprint density at radius 1 is 1.03 bits per heavy atom. The zero-order valence-corrected chi connectivity index (χ0v) is 20.7. The van der Waals surface area contributed by atoms with Gasteiger partial charge in [-0.3, -0.25) is 0 Å². The number of aryl methyl sites for hydroxylation is 2. The van der Waals surface area contributed by atoms with Crippen LogP contribution in [0.15, 0.2) is 30.3 Å². The summed E-state index contributed by atoms with van der Waals surface area (Å²) in [6.45, 7) is 9.05. The number of fused-ring (bicyclic) bond motifs is 3. The smallest absolute Gasteiger partial charge is 0.317 e. The van der Waals surface area contributed by atoms with Crippen molar-refractivity contribution in [2.24, 2.45) is 0 Å². The van der Waals surface area contributed by atoms with Gasteiger partial charge in [0.1, 0.15) is 16.5 Å². The number of nitrogens with one attached hydrogen (secondary N) is 1. The van der Waals surface area contributed by atoms with Crippen LogP contribution in [0.2, 0.25) is 0 Å². The van der Waals surface area contributed by atoms with Gasteiger partial charge >= 0.3 is 6.03 Å². The third-order valence-electron chi connectivity index (χ3n) is 6.40. The van der Waals surface area contributed by atoms with Crippen molar-refractivity contribution in [3.8, 4) is 0 Å². The molecule has 0 saturated carbocycles. The average molecular weight is 464 g/mol. The fraction of sp³-hybridized carbons (Fsp3) is 0.500. The van der Waals surface area contributed by atoms with E-state index in [9.17, 15) is 4.79 Å². The van der Waals surface area contributed by atoms with Gasteiger partial charge in [0, 0.05) is 43.0 Å². The van der Waals surface area contributed by atoms with Gasteiger partial charge in [0.05, 0.1) is 5.39 Å². The van der Waals surface area contributed by atoms with E-state index >= 15 is 0 Å². The van der Waals surface area contributed by atoms with Crippen LogP contribution in [0.5, 0.6) is 0 Å². The number of carbonyl (C=O) groups is 1. The van der Waals surface area contributed by atoms with E-state index < -0.39 is 0 Å². The van der Waals surface area contributed by atoms with Crippen LogP contribution in [-0.4, -0.2) is 52.6 Å². The monoisotopic (exact) mass is 463 g/mol. The Morgan fingerprint density at radius 2 is 1.76 bits per heavy atom. The van der Waals surface area contributed by atoms with Crippen LogP contribution in [0, 0.1) is 0 Å². The molecule has 3 aromatic rings. The van der Waals surface area contributed by atoms with E-state index in [1.54, 1.807) is 0 Å². The van der Waals surface area contributed by atoms with Gasteiger partial charge in [0.2, 0.25) is 0 Å². The van der Waals surface area contributed by atoms with Crippen molar-refractivity contribution in [1.82, 2.24) is 20.2 Å². The summed E-state index contributed by atoms with van der Waals surface area (Å²) in [7, 11) is 0. The molecule has 1 aliphatic carbocycles. The van der Waals surface area contributed by atoms with E-state index in [4.69, 9.17) is 9.97 Å². The number of urea groups is 1. The number of piperazine rings is 1. The Labute approximate surface area is 200 Å². The second-order valence-corrected chi connectivity index (χ2v) is 11.3. The number of carbonyl (C=O) groups excluding carboxylic acids is 1. The molecule has 1 aromatic carbocycles. The number of amides is 2. The Bertz CT molecular complexity index is 1140. The lowest BCUT2D eigenvalue weighted by atomic mass is 9.96. The Kier molecular flexibility index (Phi) is 5.99. The maximum atomic E-state index is 12.6. The Hall–Kier alpha value is -2.67. The zero-order chi connectivity index (χ0) is 23.0. The molecule has 1 fully saturated rings. The highest BCUT2D eigenvalue weighted by atomic mass is 32.1. The molecule has 1 N–H and O–H groups in total. The second kappa shape index (κ2) is 8.93. The maximum Gasteiger partial charge on any atom is 0.317 e. The molecule has 0 spiro atoms. The highest BCUT2D eigenvalue weighted by molar-refractivity contribution is 7.19. The predicted octanol–water partition coefficient (Wildman–Crippen LogP) is 4.79. The topological polar surface area (TPSA) is 61.4 Å². The van der Waals surface area contributed by atoms with Gasteiger partial charge in [0.25, 0.3) is 0 Å². The third kappa shape index (κ3) is 4.83. The summed E-state index contributed by atoms with van der Waals surface area (Å²) < 4.78 is 0. The van der Waals surface area contributed by atoms with Crippen LogP contribution in [0.4, 0.5) is 10.6 Å². The first-order chi connectivity index (χ1) is 15.9. The lowest BCUT2D eigenvalue weighted by Gasteiger charge is -2.37. The van der Waals surface area contributed by atoms with Crippen molar-refractivity contribution >= 4 is 33.4 Å². The summed E-state index contributed by atoms with van der Waals surface area (Å²) >= 11 is 1.86. The van der Waals surface area contributed by atoms with E-state index in [0.29, 0.717) is 13.1 Å². The second-order valence-electron chi connectivity index (χ2n) is 10.2. The molecule has 2 aromatic heterocycles. The summed E-state index contributed by atoms with van der Waals surface area (Å²) in [6, 6.07) is 10.5. The van der Waals surface area contributed by atoms with E-state index in [-0.39, 0.29) is 11.6 Å². The highest BCUT2D eigenvalue weighted by Crippen LogP contribution is 2.40. The Morgan fingerprint density at radius 3 is 2.48 bits per heavy atom. The molecule has 2 aliphatic rings. The molecule has 6 nitrogen and oxygen atoms in total. The molecular weight excluding hydrogens is 430 g/mol. The lowest BCUT2D eigenvalue weighted by molar-refractivity contribution is 0.185. The number of rotatable bonds is 3. The molecule has 33 heavy (non-hydrogen) atoms. The summed E-state index contributed by atoms with van der Waals surface area (Å²) in [4.78, 5) is 29.7. The van der Waals surface area contributed by atoms with Crippen LogP contribution >= 0.6 is 11.3 Å². The number of nitrogens with zero attached hydrogens (tertiary/aromatic N) is 4. The molecular formula is C26H33N5OS. The first-order valence-electron chi connectivity index (χ1n) is 12.0. The normalized spacial score (nSPS) is 16.7. The number of thiophene rings is 1. The number of hydrogen-bond donors (Lipinski definition) is 1. The molecule has 0 bridgehead atoms. The van der Waals surface area contributed by atoms with Crippen molar-refractivity contribution in [1.29, 1.82) is 0 Å². The summed E-state index contributed by atoms with van der Waals surface area (Å²) in [5.41, 5.74) is 2.47. The van der Waals surface area contributed by atoms with Crippen molar-refractivity contribution in [3.63, 3.8) is 0 Å². The first-order valence-corrected chi connectivity index (χ1v) is 12.9. The van der Waals surface area contributed by atoms with Crippen molar-refractivity contribution < 1.29 is 4.79 Å². The van der Waals surface area contributed by atoms with Gasteiger partial charge in [-0.15, -0.1) is 11.3 Å². The zero-order valence-electron chi connectivity index (χ0n) is 19.9. The Balaban J connectivity index is 1.45. The minimum Gasteiger partial charge on any atom is -0.352 e. The van der Waals surface area contributed by atoms with Gasteiger partial charge in [-0.2, -0.15) is 0 Å². The average Bonchev–Trinajstić information content (AvgIpc) is 3.17. The van der Waals surface area contributed by atoms with Crippen LogP contribution in [-0.2, 0) is 19.3 Å². The van der Waals surface area contributed by atoms with Crippen LogP contribution in [0.25, 0.3) is 10.2 Å². The van der Waals surface area contributed by atoms with Gasteiger partial charge in [-0.25, -0.2) is 14.8 Å². The lowest BCUT2D eigenvalue weighted by Crippen LogP contribution is -2.55. The number of anilines is 1. The molecule has 1 aliphatic heterocycles. The first kappa shape index (κ1) is 22.1.